The average molecular weight is 270 g/mol. The van der Waals surface area contributed by atoms with Gasteiger partial charge in [0.2, 0.25) is 0 Å². The van der Waals surface area contributed by atoms with Crippen LogP contribution in [0.4, 0.5) is 0 Å². The molecule has 0 bridgehead atoms. The molecule has 0 aromatic heterocycles. The molecule has 2 heteroatoms. The van der Waals surface area contributed by atoms with Crippen molar-refractivity contribution in [1.82, 2.24) is 0 Å². The van der Waals surface area contributed by atoms with Crippen molar-refractivity contribution in [2.45, 2.75) is 32.9 Å². The van der Waals surface area contributed by atoms with E-state index in [9.17, 15) is 0 Å². The Morgan fingerprint density at radius 3 is 2.89 bits per heavy atom. The Labute approximate surface area is 114 Å². The summed E-state index contributed by atoms with van der Waals surface area (Å²) < 4.78 is 0. The first-order valence-corrected chi connectivity index (χ1v) is 10.7. The molecule has 4 aliphatic rings. The predicted molar refractivity (Wildman–Crippen MR) is 82.8 cm³/mol. The molecule has 1 atom stereocenters. The van der Waals surface area contributed by atoms with E-state index in [-0.39, 0.29) is 0 Å². The summed E-state index contributed by atoms with van der Waals surface area (Å²) in [6.45, 7) is 7.33. The van der Waals surface area contributed by atoms with Gasteiger partial charge in [-0.15, -0.1) is 0 Å². The van der Waals surface area contributed by atoms with Gasteiger partial charge < -0.3 is 0 Å². The number of rotatable bonds is 2. The molecule has 0 amide bonds. The van der Waals surface area contributed by atoms with Crippen LogP contribution in [0.5, 0.6) is 0 Å². The summed E-state index contributed by atoms with van der Waals surface area (Å²) in [6, 6.07) is 0. The summed E-state index contributed by atoms with van der Waals surface area (Å²) in [5, 5.41) is 3.60. The molecular formula is C16H18SSi. The fourth-order valence-corrected chi connectivity index (χ4v) is 8.76. The largest absolute Gasteiger partial charge is 0.108 e. The first-order chi connectivity index (χ1) is 8.64. The van der Waals surface area contributed by atoms with Gasteiger partial charge in [-0.3, -0.25) is 0 Å². The van der Waals surface area contributed by atoms with E-state index in [1.165, 1.54) is 6.42 Å². The Balaban J connectivity index is 1.79. The topological polar surface area (TPSA) is 0 Å². The molecule has 0 aromatic rings. The second-order valence-corrected chi connectivity index (χ2v) is 11.5. The first-order valence-electron chi connectivity index (χ1n) is 6.88. The molecule has 0 saturated carbocycles. The number of allylic oxidation sites excluding steroid dienone is 10. The van der Waals surface area contributed by atoms with Crippen molar-refractivity contribution in [3.8, 4) is 0 Å². The Hall–Kier alpha value is -0.733. The SMILES string of the molecule is CCC1=C(C2=CC=CC2)C2C(=CC3=C2[Si]3(C)C)S1. The van der Waals surface area contributed by atoms with E-state index < -0.39 is 8.07 Å². The summed E-state index contributed by atoms with van der Waals surface area (Å²) in [7, 11) is -1.07. The molecule has 0 N–H and O–H groups in total. The van der Waals surface area contributed by atoms with E-state index in [0.717, 1.165) is 6.42 Å². The molecule has 4 rings (SSSR count). The van der Waals surface area contributed by atoms with Crippen LogP contribution in [0, 0.1) is 5.92 Å². The molecule has 0 fully saturated rings. The summed E-state index contributed by atoms with van der Waals surface area (Å²) in [5.41, 5.74) is 3.26. The summed E-state index contributed by atoms with van der Waals surface area (Å²) in [6.07, 6.45) is 11.7. The van der Waals surface area contributed by atoms with Crippen molar-refractivity contribution >= 4 is 19.8 Å². The highest BCUT2D eigenvalue weighted by Gasteiger charge is 2.56. The first kappa shape index (κ1) is 11.1. The fourth-order valence-electron chi connectivity index (χ4n) is 3.68. The van der Waals surface area contributed by atoms with Gasteiger partial charge in [-0.25, -0.2) is 0 Å². The molecule has 0 radical (unpaired) electrons. The lowest BCUT2D eigenvalue weighted by molar-refractivity contribution is 0.941. The molecule has 0 aromatic carbocycles. The van der Waals surface area contributed by atoms with Gasteiger partial charge in [0.25, 0.3) is 0 Å². The Morgan fingerprint density at radius 1 is 1.39 bits per heavy atom. The third-order valence-electron chi connectivity index (χ3n) is 4.70. The van der Waals surface area contributed by atoms with Crippen LogP contribution in [0.25, 0.3) is 0 Å². The van der Waals surface area contributed by atoms with E-state index in [4.69, 9.17) is 0 Å². The highest BCUT2D eigenvalue weighted by Crippen LogP contribution is 2.65. The van der Waals surface area contributed by atoms with Crippen LogP contribution in [0.3, 0.4) is 0 Å². The molecule has 92 valence electrons. The zero-order chi connectivity index (χ0) is 12.5. The monoisotopic (exact) mass is 270 g/mol. The maximum Gasteiger partial charge on any atom is 0.108 e. The van der Waals surface area contributed by atoms with Crippen molar-refractivity contribution < 1.29 is 0 Å². The molecule has 2 aliphatic carbocycles. The lowest BCUT2D eigenvalue weighted by Gasteiger charge is -2.19. The highest BCUT2D eigenvalue weighted by atomic mass is 32.2. The van der Waals surface area contributed by atoms with E-state index in [0.29, 0.717) is 5.92 Å². The van der Waals surface area contributed by atoms with Crippen molar-refractivity contribution in [2.75, 3.05) is 0 Å². The van der Waals surface area contributed by atoms with Crippen LogP contribution >= 0.6 is 11.8 Å². The highest BCUT2D eigenvalue weighted by molar-refractivity contribution is 8.07. The van der Waals surface area contributed by atoms with Crippen molar-refractivity contribution in [3.63, 3.8) is 0 Å². The molecule has 2 heterocycles. The van der Waals surface area contributed by atoms with Crippen molar-refractivity contribution in [2.24, 2.45) is 5.92 Å². The Kier molecular flexibility index (Phi) is 2.12. The minimum atomic E-state index is -1.07. The summed E-state index contributed by atoms with van der Waals surface area (Å²) >= 11 is 2.06. The van der Waals surface area contributed by atoms with Crippen molar-refractivity contribution in [3.05, 3.63) is 55.7 Å². The van der Waals surface area contributed by atoms with E-state index >= 15 is 0 Å². The quantitative estimate of drug-likeness (QED) is 0.643. The normalized spacial score (nSPS) is 30.7. The lowest BCUT2D eigenvalue weighted by Crippen LogP contribution is -2.18. The number of fused-ring (bicyclic) bond motifs is 2. The second kappa shape index (κ2) is 3.43. The van der Waals surface area contributed by atoms with E-state index in [1.54, 1.807) is 26.2 Å². The molecule has 18 heavy (non-hydrogen) atoms. The Morgan fingerprint density at radius 2 is 2.22 bits per heavy atom. The van der Waals surface area contributed by atoms with E-state index in [1.807, 2.05) is 5.20 Å². The minimum absolute atomic E-state index is 0.688. The smallest absolute Gasteiger partial charge is 0.0977 e. The third kappa shape index (κ3) is 1.23. The van der Waals surface area contributed by atoms with Crippen LogP contribution in [0.15, 0.2) is 55.7 Å². The van der Waals surface area contributed by atoms with Crippen molar-refractivity contribution in [1.29, 1.82) is 0 Å². The van der Waals surface area contributed by atoms with Gasteiger partial charge in [-0.2, -0.15) is 0 Å². The predicted octanol–water partition coefficient (Wildman–Crippen LogP) is 4.89. The fraction of sp³-hybridized carbons (Fsp3) is 0.375. The minimum Gasteiger partial charge on any atom is -0.0977 e. The van der Waals surface area contributed by atoms with Crippen LogP contribution in [-0.4, -0.2) is 8.07 Å². The zero-order valence-corrected chi connectivity index (χ0v) is 13.0. The van der Waals surface area contributed by atoms with Gasteiger partial charge in [-0.1, -0.05) is 66.5 Å². The molecule has 1 unspecified atom stereocenters. The molecule has 0 spiro atoms. The summed E-state index contributed by atoms with van der Waals surface area (Å²) in [4.78, 5) is 3.26. The van der Waals surface area contributed by atoms with Crippen LogP contribution in [0.2, 0.25) is 13.1 Å². The average Bonchev–Trinajstić information content (AvgIpc) is 2.85. The lowest BCUT2D eigenvalue weighted by atomic mass is 9.91. The number of thioether (sulfide) groups is 1. The van der Waals surface area contributed by atoms with Gasteiger partial charge in [-0.05, 0) is 28.9 Å². The maximum atomic E-state index is 2.53. The second-order valence-electron chi connectivity index (χ2n) is 6.05. The van der Waals surface area contributed by atoms with Gasteiger partial charge >= 0.3 is 0 Å². The molecular weight excluding hydrogens is 252 g/mol. The number of hydrogen-bond acceptors (Lipinski definition) is 1. The zero-order valence-electron chi connectivity index (χ0n) is 11.2. The molecule has 0 nitrogen and oxygen atoms in total. The maximum absolute atomic E-state index is 2.53. The van der Waals surface area contributed by atoms with Crippen LogP contribution in [0.1, 0.15) is 19.8 Å². The van der Waals surface area contributed by atoms with Gasteiger partial charge in [0.15, 0.2) is 0 Å². The standard InChI is InChI=1S/C16H18SSi/c1-4-11-14(10-7-5-6-8-10)15-12(17-11)9-13-16(15)18(13,2)3/h5-7,9,15H,4,8H2,1-3H3. The summed E-state index contributed by atoms with van der Waals surface area (Å²) in [5.74, 6) is 0.688. The van der Waals surface area contributed by atoms with Gasteiger partial charge in [0.05, 0.1) is 0 Å². The van der Waals surface area contributed by atoms with Gasteiger partial charge in [0, 0.05) is 10.8 Å². The van der Waals surface area contributed by atoms with Gasteiger partial charge in [0.1, 0.15) is 8.07 Å². The molecule has 0 saturated heterocycles. The van der Waals surface area contributed by atoms with E-state index in [2.05, 4.69) is 56.1 Å². The Bertz CT molecular complexity index is 611. The van der Waals surface area contributed by atoms with Crippen LogP contribution in [-0.2, 0) is 0 Å². The van der Waals surface area contributed by atoms with Crippen LogP contribution < -0.4 is 0 Å². The third-order valence-corrected chi connectivity index (χ3v) is 9.46. The number of hydrogen-bond donors (Lipinski definition) is 0. The molecule has 2 aliphatic heterocycles.